The lowest BCUT2D eigenvalue weighted by molar-refractivity contribution is 0.212. The van der Waals surface area contributed by atoms with Gasteiger partial charge in [-0.2, -0.15) is 0 Å². The molecule has 1 rings (SSSR count). The van der Waals surface area contributed by atoms with E-state index in [1.165, 1.54) is 0 Å². The molecule has 0 spiro atoms. The van der Waals surface area contributed by atoms with Gasteiger partial charge in [0.25, 0.3) is 0 Å². The molecule has 0 radical (unpaired) electrons. The summed E-state index contributed by atoms with van der Waals surface area (Å²) in [5.41, 5.74) is -0.568. The van der Waals surface area contributed by atoms with E-state index >= 15 is 0 Å². The number of hydrogen-bond donors (Lipinski definition) is 1. The van der Waals surface area contributed by atoms with Crippen molar-refractivity contribution >= 4 is 22.6 Å². The first kappa shape index (κ1) is 5.39. The van der Waals surface area contributed by atoms with E-state index in [1.807, 2.05) is 22.6 Å². The number of rotatable bonds is 0. The van der Waals surface area contributed by atoms with Crippen molar-refractivity contribution in [2.75, 3.05) is 0 Å². The Bertz CT molecular complexity index is 127. The fraction of sp³-hybridized carbons (Fsp3) is 0.600. The molecule has 0 atom stereocenters. The molecule has 7 heavy (non-hydrogen) atoms. The predicted molar refractivity (Wildman–Crippen MR) is 36.0 cm³/mol. The van der Waals surface area contributed by atoms with E-state index < -0.39 is 5.60 Å². The minimum atomic E-state index is -0.568. The zero-order valence-corrected chi connectivity index (χ0v) is 5.90. The third-order valence-corrected chi connectivity index (χ3v) is 1.27. The van der Waals surface area contributed by atoms with Crippen LogP contribution in [0.2, 0.25) is 0 Å². The van der Waals surface area contributed by atoms with E-state index in [4.69, 9.17) is 5.11 Å². The number of halogens is 1. The summed E-state index contributed by atoms with van der Waals surface area (Å²) in [5.74, 6) is 2.69. The summed E-state index contributed by atoms with van der Waals surface area (Å²) in [4.78, 5) is 0. The van der Waals surface area contributed by atoms with Crippen molar-refractivity contribution in [3.05, 3.63) is 0 Å². The van der Waals surface area contributed by atoms with Crippen molar-refractivity contribution < 1.29 is 5.11 Å². The van der Waals surface area contributed by atoms with Gasteiger partial charge in [-0.15, -0.1) is 0 Å². The maximum Gasteiger partial charge on any atom is 0.126 e. The van der Waals surface area contributed by atoms with Crippen LogP contribution in [-0.4, -0.2) is 10.7 Å². The molecule has 0 saturated heterocycles. The maximum absolute atomic E-state index is 8.95. The average Bonchev–Trinajstić information content (AvgIpc) is 2.22. The molecule has 2 heteroatoms. The molecular weight excluding hydrogens is 203 g/mol. The molecule has 0 heterocycles. The Morgan fingerprint density at radius 2 is 2.14 bits per heavy atom. The topological polar surface area (TPSA) is 20.2 Å². The summed E-state index contributed by atoms with van der Waals surface area (Å²) in [7, 11) is 0. The number of aliphatic hydroxyl groups is 1. The van der Waals surface area contributed by atoms with Gasteiger partial charge in [0.1, 0.15) is 5.60 Å². The molecule has 1 nitrogen and oxygen atoms in total. The van der Waals surface area contributed by atoms with E-state index in [0.717, 1.165) is 12.8 Å². The van der Waals surface area contributed by atoms with Crippen LogP contribution in [0, 0.1) is 9.85 Å². The van der Waals surface area contributed by atoms with Crippen LogP contribution >= 0.6 is 22.6 Å². The molecule has 1 aliphatic rings. The lowest BCUT2D eigenvalue weighted by atomic mass is 10.4. The first-order valence-corrected chi connectivity index (χ1v) is 3.20. The second kappa shape index (κ2) is 1.64. The van der Waals surface area contributed by atoms with Crippen molar-refractivity contribution in [1.82, 2.24) is 0 Å². The van der Waals surface area contributed by atoms with Gasteiger partial charge in [-0.1, -0.05) is 5.92 Å². The van der Waals surface area contributed by atoms with Gasteiger partial charge in [-0.25, -0.2) is 0 Å². The first-order chi connectivity index (χ1) is 3.27. The summed E-state index contributed by atoms with van der Waals surface area (Å²) in [5, 5.41) is 8.95. The van der Waals surface area contributed by atoms with Gasteiger partial charge in [0.15, 0.2) is 0 Å². The molecular formula is C5H5IO. The highest BCUT2D eigenvalue weighted by Gasteiger charge is 2.38. The molecule has 1 aliphatic carbocycles. The zero-order chi connectivity index (χ0) is 5.33. The standard InChI is InChI=1S/C5H5IO/c6-4-3-5(7)1-2-5/h7H,1-2H2. The Labute approximate surface area is 56.2 Å². The predicted octanol–water partition coefficient (Wildman–Crippen LogP) is 0.907. The van der Waals surface area contributed by atoms with Crippen LogP contribution in [0.15, 0.2) is 0 Å². The van der Waals surface area contributed by atoms with Gasteiger partial charge < -0.3 is 5.11 Å². The van der Waals surface area contributed by atoms with Gasteiger partial charge in [0.05, 0.1) is 0 Å². The SMILES string of the molecule is OC1(C#CI)CC1. The first-order valence-electron chi connectivity index (χ1n) is 2.12. The summed E-state index contributed by atoms with van der Waals surface area (Å²) in [6, 6.07) is 0. The summed E-state index contributed by atoms with van der Waals surface area (Å²) in [6.07, 6.45) is 1.73. The van der Waals surface area contributed by atoms with Crippen molar-refractivity contribution in [3.8, 4) is 9.85 Å². The second-order valence-electron chi connectivity index (χ2n) is 1.75. The molecule has 38 valence electrons. The fourth-order valence-corrected chi connectivity index (χ4v) is 0.833. The van der Waals surface area contributed by atoms with Crippen molar-refractivity contribution in [1.29, 1.82) is 0 Å². The highest BCUT2D eigenvalue weighted by atomic mass is 127. The largest absolute Gasteiger partial charge is 0.378 e. The molecule has 0 aliphatic heterocycles. The Morgan fingerprint density at radius 1 is 1.57 bits per heavy atom. The van der Waals surface area contributed by atoms with Crippen LogP contribution in [0.3, 0.4) is 0 Å². The quantitative estimate of drug-likeness (QED) is 0.463. The summed E-state index contributed by atoms with van der Waals surface area (Å²) in [6.45, 7) is 0. The molecule has 0 amide bonds. The van der Waals surface area contributed by atoms with Crippen LogP contribution in [0.4, 0.5) is 0 Å². The van der Waals surface area contributed by atoms with E-state index in [2.05, 4.69) is 9.85 Å². The van der Waals surface area contributed by atoms with Crippen LogP contribution in [0.5, 0.6) is 0 Å². The zero-order valence-electron chi connectivity index (χ0n) is 3.74. The normalized spacial score (nSPS) is 22.6. The van der Waals surface area contributed by atoms with Gasteiger partial charge in [0.2, 0.25) is 0 Å². The Balaban J connectivity index is 2.50. The van der Waals surface area contributed by atoms with E-state index in [1.54, 1.807) is 0 Å². The molecule has 0 aromatic heterocycles. The lowest BCUT2D eigenvalue weighted by Gasteiger charge is -1.88. The highest BCUT2D eigenvalue weighted by molar-refractivity contribution is 14.1. The second-order valence-corrected chi connectivity index (χ2v) is 2.29. The lowest BCUT2D eigenvalue weighted by Crippen LogP contribution is -1.99. The van der Waals surface area contributed by atoms with Crippen molar-refractivity contribution in [2.24, 2.45) is 0 Å². The smallest absolute Gasteiger partial charge is 0.126 e. The van der Waals surface area contributed by atoms with E-state index in [-0.39, 0.29) is 0 Å². The molecule has 1 fully saturated rings. The van der Waals surface area contributed by atoms with E-state index in [9.17, 15) is 0 Å². The van der Waals surface area contributed by atoms with Crippen molar-refractivity contribution in [2.45, 2.75) is 18.4 Å². The van der Waals surface area contributed by atoms with E-state index in [0.29, 0.717) is 0 Å². The van der Waals surface area contributed by atoms with Gasteiger partial charge in [-0.3, -0.25) is 0 Å². The third-order valence-electron chi connectivity index (χ3n) is 1.00. The molecule has 0 aromatic carbocycles. The Hall–Kier alpha value is 0.250. The number of hydrogen-bond acceptors (Lipinski definition) is 1. The third kappa shape index (κ3) is 1.32. The fourth-order valence-electron chi connectivity index (χ4n) is 0.331. The van der Waals surface area contributed by atoms with Gasteiger partial charge >= 0.3 is 0 Å². The monoisotopic (exact) mass is 208 g/mol. The Kier molecular flexibility index (Phi) is 1.26. The molecule has 1 saturated carbocycles. The van der Waals surface area contributed by atoms with Crippen LogP contribution in [0.1, 0.15) is 12.8 Å². The maximum atomic E-state index is 8.95. The molecule has 0 unspecified atom stereocenters. The minimum Gasteiger partial charge on any atom is -0.378 e. The van der Waals surface area contributed by atoms with Crippen LogP contribution < -0.4 is 0 Å². The highest BCUT2D eigenvalue weighted by Crippen LogP contribution is 2.33. The van der Waals surface area contributed by atoms with Gasteiger partial charge in [-0.05, 0) is 16.8 Å². The molecule has 1 N–H and O–H groups in total. The molecule has 0 bridgehead atoms. The van der Waals surface area contributed by atoms with Gasteiger partial charge in [0, 0.05) is 22.6 Å². The average molecular weight is 208 g/mol. The van der Waals surface area contributed by atoms with Crippen LogP contribution in [-0.2, 0) is 0 Å². The van der Waals surface area contributed by atoms with Crippen LogP contribution in [0.25, 0.3) is 0 Å². The summed E-state index contributed by atoms with van der Waals surface area (Å²) < 4.78 is 2.64. The minimum absolute atomic E-state index is 0.568. The Morgan fingerprint density at radius 3 is 2.29 bits per heavy atom. The summed E-state index contributed by atoms with van der Waals surface area (Å²) >= 11 is 1.93. The van der Waals surface area contributed by atoms with Crippen molar-refractivity contribution in [3.63, 3.8) is 0 Å². The molecule has 0 aromatic rings.